The zero-order chi connectivity index (χ0) is 17.3. The lowest BCUT2D eigenvalue weighted by Gasteiger charge is -2.24. The molecule has 2 aliphatic rings. The number of hydrogen-bond donors (Lipinski definition) is 1. The van der Waals surface area contributed by atoms with Crippen LogP contribution >= 0.6 is 0 Å². The van der Waals surface area contributed by atoms with Crippen LogP contribution in [0.3, 0.4) is 0 Å². The van der Waals surface area contributed by atoms with Crippen LogP contribution in [0.5, 0.6) is 5.75 Å². The number of nitrogens with one attached hydrogen (secondary N) is 1. The third-order valence-corrected chi connectivity index (χ3v) is 4.83. The number of carbonyl (C=O) groups excluding carboxylic acids is 2. The molecule has 1 aromatic rings. The second-order valence-electron chi connectivity index (χ2n) is 6.94. The van der Waals surface area contributed by atoms with E-state index in [9.17, 15) is 9.59 Å². The van der Waals surface area contributed by atoms with Gasteiger partial charge in [0.15, 0.2) is 0 Å². The summed E-state index contributed by atoms with van der Waals surface area (Å²) < 4.78 is 5.59. The van der Waals surface area contributed by atoms with Crippen molar-refractivity contribution >= 4 is 11.9 Å². The van der Waals surface area contributed by atoms with Crippen molar-refractivity contribution in [3.63, 3.8) is 0 Å². The monoisotopic (exact) mass is 328 g/mol. The molecule has 1 heterocycles. The molecule has 3 rings (SSSR count). The summed E-state index contributed by atoms with van der Waals surface area (Å²) in [5.74, 6) is 0.560. The highest BCUT2D eigenvalue weighted by Gasteiger charge is 2.51. The van der Waals surface area contributed by atoms with Crippen LogP contribution in [0, 0.1) is 0 Å². The van der Waals surface area contributed by atoms with E-state index in [1.54, 1.807) is 6.92 Å². The molecule has 24 heavy (non-hydrogen) atoms. The van der Waals surface area contributed by atoms with Gasteiger partial charge in [0.2, 0.25) is 0 Å². The van der Waals surface area contributed by atoms with Crippen molar-refractivity contribution in [3.05, 3.63) is 42.0 Å². The van der Waals surface area contributed by atoms with Crippen LogP contribution in [-0.2, 0) is 10.3 Å². The summed E-state index contributed by atoms with van der Waals surface area (Å²) in [6.07, 6.45) is 3.96. The molecule has 0 bridgehead atoms. The first-order valence-corrected chi connectivity index (χ1v) is 8.45. The van der Waals surface area contributed by atoms with Gasteiger partial charge in [0, 0.05) is 6.04 Å². The minimum atomic E-state index is -1.01. The number of hydrogen-bond acceptors (Lipinski definition) is 3. The van der Waals surface area contributed by atoms with Crippen molar-refractivity contribution in [1.29, 1.82) is 0 Å². The number of amides is 3. The summed E-state index contributed by atoms with van der Waals surface area (Å²) in [5.41, 5.74) is 0.701. The average molecular weight is 328 g/mol. The Morgan fingerprint density at radius 2 is 1.92 bits per heavy atom. The molecule has 5 heteroatoms. The lowest BCUT2D eigenvalue weighted by atomic mass is 9.91. The second kappa shape index (κ2) is 6.30. The van der Waals surface area contributed by atoms with Gasteiger partial charge in [-0.05, 0) is 50.0 Å². The van der Waals surface area contributed by atoms with Gasteiger partial charge in [-0.2, -0.15) is 0 Å². The van der Waals surface area contributed by atoms with Crippen LogP contribution in [0.4, 0.5) is 4.79 Å². The molecule has 0 aromatic heterocycles. The van der Waals surface area contributed by atoms with Gasteiger partial charge in [-0.1, -0.05) is 31.6 Å². The van der Waals surface area contributed by atoms with E-state index in [0.717, 1.165) is 42.6 Å². The molecule has 5 nitrogen and oxygen atoms in total. The fraction of sp³-hybridized carbons (Fsp3) is 0.474. The molecular weight excluding hydrogens is 304 g/mol. The van der Waals surface area contributed by atoms with E-state index in [4.69, 9.17) is 4.74 Å². The minimum Gasteiger partial charge on any atom is -0.489 e. The molecule has 1 N–H and O–H groups in total. The first-order chi connectivity index (χ1) is 11.4. The third kappa shape index (κ3) is 2.90. The highest BCUT2D eigenvalue weighted by atomic mass is 16.5. The van der Waals surface area contributed by atoms with E-state index in [2.05, 4.69) is 11.9 Å². The molecule has 1 saturated carbocycles. The third-order valence-electron chi connectivity index (χ3n) is 4.83. The maximum Gasteiger partial charge on any atom is 0.325 e. The smallest absolute Gasteiger partial charge is 0.325 e. The molecule has 1 aromatic carbocycles. The van der Waals surface area contributed by atoms with Crippen molar-refractivity contribution in [3.8, 4) is 5.75 Å². The Labute approximate surface area is 142 Å². The molecule has 1 unspecified atom stereocenters. The van der Waals surface area contributed by atoms with E-state index in [-0.39, 0.29) is 18.0 Å². The fourth-order valence-electron chi connectivity index (χ4n) is 3.44. The summed E-state index contributed by atoms with van der Waals surface area (Å²) in [7, 11) is 0. The van der Waals surface area contributed by atoms with Crippen molar-refractivity contribution in [2.24, 2.45) is 0 Å². The van der Waals surface area contributed by atoms with Gasteiger partial charge in [0.1, 0.15) is 17.9 Å². The highest BCUT2D eigenvalue weighted by Crippen LogP contribution is 2.34. The number of imide groups is 1. The van der Waals surface area contributed by atoms with E-state index in [1.165, 1.54) is 4.90 Å². The number of ether oxygens (including phenoxy) is 1. The molecule has 1 atom stereocenters. The van der Waals surface area contributed by atoms with Crippen molar-refractivity contribution in [1.82, 2.24) is 10.2 Å². The SMILES string of the molecule is C=C(C)COc1ccc(C2(C)NC(=O)N(C3CCCC3)C2=O)cc1. The number of nitrogens with zero attached hydrogens (tertiary/aromatic N) is 1. The van der Waals surface area contributed by atoms with E-state index in [0.29, 0.717) is 6.61 Å². The topological polar surface area (TPSA) is 58.6 Å². The molecule has 1 aliphatic carbocycles. The van der Waals surface area contributed by atoms with Gasteiger partial charge in [-0.15, -0.1) is 0 Å². The first kappa shape index (κ1) is 16.6. The Morgan fingerprint density at radius 3 is 2.50 bits per heavy atom. The Balaban J connectivity index is 1.79. The molecule has 0 spiro atoms. The Morgan fingerprint density at radius 1 is 1.29 bits per heavy atom. The predicted molar refractivity (Wildman–Crippen MR) is 91.7 cm³/mol. The van der Waals surface area contributed by atoms with Crippen molar-refractivity contribution in [2.45, 2.75) is 51.1 Å². The van der Waals surface area contributed by atoms with Crippen LogP contribution in [-0.4, -0.2) is 29.5 Å². The lowest BCUT2D eigenvalue weighted by molar-refractivity contribution is -0.132. The van der Waals surface area contributed by atoms with Crippen LogP contribution in [0.25, 0.3) is 0 Å². The fourth-order valence-corrected chi connectivity index (χ4v) is 3.44. The maximum atomic E-state index is 12.9. The van der Waals surface area contributed by atoms with Crippen LogP contribution < -0.4 is 10.1 Å². The average Bonchev–Trinajstić information content (AvgIpc) is 3.14. The maximum absolute atomic E-state index is 12.9. The van der Waals surface area contributed by atoms with Crippen molar-refractivity contribution < 1.29 is 14.3 Å². The molecule has 1 aliphatic heterocycles. The second-order valence-corrected chi connectivity index (χ2v) is 6.94. The Hall–Kier alpha value is -2.30. The normalized spacial score (nSPS) is 24.3. The van der Waals surface area contributed by atoms with Gasteiger partial charge in [0.25, 0.3) is 5.91 Å². The highest BCUT2D eigenvalue weighted by molar-refractivity contribution is 6.07. The molecular formula is C19H24N2O3. The number of urea groups is 1. The molecule has 128 valence electrons. The Kier molecular flexibility index (Phi) is 4.35. The Bertz CT molecular complexity index is 662. The van der Waals surface area contributed by atoms with Gasteiger partial charge in [-0.3, -0.25) is 9.69 Å². The van der Waals surface area contributed by atoms with Crippen LogP contribution in [0.15, 0.2) is 36.4 Å². The summed E-state index contributed by atoms with van der Waals surface area (Å²) in [6.45, 7) is 7.94. The van der Waals surface area contributed by atoms with Gasteiger partial charge in [0.05, 0.1) is 0 Å². The molecule has 1 saturated heterocycles. The van der Waals surface area contributed by atoms with Crippen LogP contribution in [0.2, 0.25) is 0 Å². The largest absolute Gasteiger partial charge is 0.489 e. The lowest BCUT2D eigenvalue weighted by Crippen LogP contribution is -2.42. The quantitative estimate of drug-likeness (QED) is 0.666. The van der Waals surface area contributed by atoms with Gasteiger partial charge >= 0.3 is 6.03 Å². The van der Waals surface area contributed by atoms with Gasteiger partial charge < -0.3 is 10.1 Å². The van der Waals surface area contributed by atoms with E-state index in [1.807, 2.05) is 31.2 Å². The zero-order valence-corrected chi connectivity index (χ0v) is 14.3. The van der Waals surface area contributed by atoms with E-state index < -0.39 is 5.54 Å². The number of rotatable bonds is 5. The molecule has 0 radical (unpaired) electrons. The van der Waals surface area contributed by atoms with Crippen LogP contribution in [0.1, 0.15) is 45.1 Å². The standard InChI is InChI=1S/C19H24N2O3/c1-13(2)12-24-16-10-8-14(9-11-16)19(3)17(22)21(18(23)20-19)15-6-4-5-7-15/h8-11,15H,1,4-7,12H2,2-3H3,(H,20,23). The zero-order valence-electron chi connectivity index (χ0n) is 14.3. The molecule has 3 amide bonds. The number of carbonyl (C=O) groups is 2. The summed E-state index contributed by atoms with van der Waals surface area (Å²) in [5, 5.41) is 2.88. The summed E-state index contributed by atoms with van der Waals surface area (Å²) >= 11 is 0. The predicted octanol–water partition coefficient (Wildman–Crippen LogP) is 3.35. The van der Waals surface area contributed by atoms with Crippen molar-refractivity contribution in [2.75, 3.05) is 6.61 Å². The minimum absolute atomic E-state index is 0.0394. The number of benzene rings is 1. The summed E-state index contributed by atoms with van der Waals surface area (Å²) in [4.78, 5) is 26.7. The van der Waals surface area contributed by atoms with E-state index >= 15 is 0 Å². The molecule has 2 fully saturated rings. The first-order valence-electron chi connectivity index (χ1n) is 8.45. The summed E-state index contributed by atoms with van der Waals surface area (Å²) in [6, 6.07) is 7.07. The van der Waals surface area contributed by atoms with Gasteiger partial charge in [-0.25, -0.2) is 4.79 Å².